The summed E-state index contributed by atoms with van der Waals surface area (Å²) in [4.78, 5) is 8.03. The van der Waals surface area contributed by atoms with Gasteiger partial charge in [0.25, 0.3) is 0 Å². The van der Waals surface area contributed by atoms with E-state index < -0.39 is 0 Å². The van der Waals surface area contributed by atoms with E-state index in [1.54, 1.807) is 18.6 Å². The summed E-state index contributed by atoms with van der Waals surface area (Å²) in [5, 5.41) is 0. The Bertz CT molecular complexity index is 228. The molecule has 0 aliphatic heterocycles. The molecule has 0 spiro atoms. The monoisotopic (exact) mass is 181 g/mol. The number of aromatic nitrogens is 2. The van der Waals surface area contributed by atoms with Gasteiger partial charge in [0.2, 0.25) is 0 Å². The molecule has 1 rings (SSSR count). The fourth-order valence-corrected chi connectivity index (χ4v) is 0.942. The minimum absolute atomic E-state index is 0.166. The third-order valence-electron chi connectivity index (χ3n) is 1.61. The SMILES string of the molecule is CCCOCC(N)c1cnccn1. The summed E-state index contributed by atoms with van der Waals surface area (Å²) < 4.78 is 5.31. The van der Waals surface area contributed by atoms with Crippen molar-refractivity contribution in [3.63, 3.8) is 0 Å². The van der Waals surface area contributed by atoms with Gasteiger partial charge in [-0.15, -0.1) is 0 Å². The number of hydrogen-bond acceptors (Lipinski definition) is 4. The van der Waals surface area contributed by atoms with E-state index in [0.717, 1.165) is 18.7 Å². The van der Waals surface area contributed by atoms with E-state index in [1.165, 1.54) is 0 Å². The van der Waals surface area contributed by atoms with Crippen LogP contribution in [-0.2, 0) is 4.74 Å². The Morgan fingerprint density at radius 3 is 3.00 bits per heavy atom. The van der Waals surface area contributed by atoms with E-state index in [2.05, 4.69) is 16.9 Å². The summed E-state index contributed by atoms with van der Waals surface area (Å²) in [7, 11) is 0. The van der Waals surface area contributed by atoms with Crippen LogP contribution >= 0.6 is 0 Å². The molecule has 0 aromatic carbocycles. The van der Waals surface area contributed by atoms with E-state index in [9.17, 15) is 0 Å². The Labute approximate surface area is 78.1 Å². The number of hydrogen-bond donors (Lipinski definition) is 1. The second-order valence-corrected chi connectivity index (χ2v) is 2.81. The van der Waals surface area contributed by atoms with Crippen LogP contribution in [0.1, 0.15) is 25.1 Å². The van der Waals surface area contributed by atoms with Gasteiger partial charge in [-0.05, 0) is 6.42 Å². The Hall–Kier alpha value is -1.00. The van der Waals surface area contributed by atoms with Gasteiger partial charge in [-0.2, -0.15) is 0 Å². The molecular formula is C9H15N3O. The van der Waals surface area contributed by atoms with Crippen molar-refractivity contribution in [3.8, 4) is 0 Å². The molecule has 0 aliphatic rings. The largest absolute Gasteiger partial charge is 0.379 e. The lowest BCUT2D eigenvalue weighted by Gasteiger charge is -2.09. The van der Waals surface area contributed by atoms with Crippen LogP contribution in [0.2, 0.25) is 0 Å². The highest BCUT2D eigenvalue weighted by Crippen LogP contribution is 2.04. The molecule has 4 nitrogen and oxygen atoms in total. The minimum Gasteiger partial charge on any atom is -0.379 e. The van der Waals surface area contributed by atoms with Gasteiger partial charge >= 0.3 is 0 Å². The van der Waals surface area contributed by atoms with Gasteiger partial charge in [0, 0.05) is 19.0 Å². The maximum absolute atomic E-state index is 5.81. The van der Waals surface area contributed by atoms with E-state index in [0.29, 0.717) is 6.61 Å². The molecule has 0 fully saturated rings. The average molecular weight is 181 g/mol. The maximum atomic E-state index is 5.81. The molecule has 1 heterocycles. The van der Waals surface area contributed by atoms with Gasteiger partial charge in [0.15, 0.2) is 0 Å². The molecule has 1 aromatic rings. The molecule has 0 saturated heterocycles. The summed E-state index contributed by atoms with van der Waals surface area (Å²) in [5.41, 5.74) is 6.58. The smallest absolute Gasteiger partial charge is 0.0777 e. The molecule has 72 valence electrons. The molecule has 1 atom stereocenters. The number of nitrogens with zero attached hydrogens (tertiary/aromatic N) is 2. The Balaban J connectivity index is 2.35. The summed E-state index contributed by atoms with van der Waals surface area (Å²) in [6.07, 6.45) is 5.94. The van der Waals surface area contributed by atoms with Crippen LogP contribution in [0, 0.1) is 0 Å². The topological polar surface area (TPSA) is 61.0 Å². The quantitative estimate of drug-likeness (QED) is 0.686. The van der Waals surface area contributed by atoms with Crippen LogP contribution in [0.15, 0.2) is 18.6 Å². The molecule has 0 radical (unpaired) electrons. The number of nitrogens with two attached hydrogens (primary N) is 1. The van der Waals surface area contributed by atoms with Crippen LogP contribution in [0.25, 0.3) is 0 Å². The van der Waals surface area contributed by atoms with E-state index >= 15 is 0 Å². The highest BCUT2D eigenvalue weighted by molar-refractivity contribution is 5.00. The molecule has 0 saturated carbocycles. The van der Waals surface area contributed by atoms with Gasteiger partial charge < -0.3 is 10.5 Å². The van der Waals surface area contributed by atoms with Crippen LogP contribution in [0.5, 0.6) is 0 Å². The fraction of sp³-hybridized carbons (Fsp3) is 0.556. The fourth-order valence-electron chi connectivity index (χ4n) is 0.942. The van der Waals surface area contributed by atoms with Gasteiger partial charge in [-0.3, -0.25) is 9.97 Å². The third kappa shape index (κ3) is 3.48. The van der Waals surface area contributed by atoms with Crippen molar-refractivity contribution in [2.24, 2.45) is 5.73 Å². The second-order valence-electron chi connectivity index (χ2n) is 2.81. The summed E-state index contributed by atoms with van der Waals surface area (Å²) in [6, 6.07) is -0.166. The molecule has 4 heteroatoms. The Morgan fingerprint density at radius 1 is 1.54 bits per heavy atom. The zero-order valence-electron chi connectivity index (χ0n) is 7.81. The predicted octanol–water partition coefficient (Wildman–Crippen LogP) is 0.903. The van der Waals surface area contributed by atoms with E-state index in [-0.39, 0.29) is 6.04 Å². The first-order valence-electron chi connectivity index (χ1n) is 4.43. The lowest BCUT2D eigenvalue weighted by Crippen LogP contribution is -2.18. The van der Waals surface area contributed by atoms with Gasteiger partial charge in [-0.1, -0.05) is 6.92 Å². The maximum Gasteiger partial charge on any atom is 0.0777 e. The van der Waals surface area contributed by atoms with Gasteiger partial charge in [0.05, 0.1) is 24.5 Å². The minimum atomic E-state index is -0.166. The third-order valence-corrected chi connectivity index (χ3v) is 1.61. The van der Waals surface area contributed by atoms with Crippen molar-refractivity contribution in [1.82, 2.24) is 9.97 Å². The molecule has 1 aromatic heterocycles. The number of ether oxygens (including phenoxy) is 1. The van der Waals surface area contributed by atoms with Crippen molar-refractivity contribution in [3.05, 3.63) is 24.3 Å². The van der Waals surface area contributed by atoms with Crippen molar-refractivity contribution < 1.29 is 4.74 Å². The van der Waals surface area contributed by atoms with Crippen molar-refractivity contribution in [2.45, 2.75) is 19.4 Å². The van der Waals surface area contributed by atoms with E-state index in [1.807, 2.05) is 0 Å². The van der Waals surface area contributed by atoms with Gasteiger partial charge in [0.1, 0.15) is 0 Å². The highest BCUT2D eigenvalue weighted by atomic mass is 16.5. The zero-order chi connectivity index (χ0) is 9.52. The molecule has 0 aliphatic carbocycles. The average Bonchev–Trinajstić information content (AvgIpc) is 2.19. The van der Waals surface area contributed by atoms with E-state index in [4.69, 9.17) is 10.5 Å². The van der Waals surface area contributed by atoms with Crippen molar-refractivity contribution in [2.75, 3.05) is 13.2 Å². The van der Waals surface area contributed by atoms with Crippen LogP contribution in [0.3, 0.4) is 0 Å². The molecular weight excluding hydrogens is 166 g/mol. The highest BCUT2D eigenvalue weighted by Gasteiger charge is 2.06. The van der Waals surface area contributed by atoms with Crippen LogP contribution in [-0.4, -0.2) is 23.2 Å². The summed E-state index contributed by atoms with van der Waals surface area (Å²) in [5.74, 6) is 0. The van der Waals surface area contributed by atoms with Crippen molar-refractivity contribution >= 4 is 0 Å². The first kappa shape index (κ1) is 10.1. The van der Waals surface area contributed by atoms with Gasteiger partial charge in [-0.25, -0.2) is 0 Å². The first-order chi connectivity index (χ1) is 6.34. The first-order valence-corrected chi connectivity index (χ1v) is 4.43. The lowest BCUT2D eigenvalue weighted by molar-refractivity contribution is 0.120. The molecule has 1 unspecified atom stereocenters. The van der Waals surface area contributed by atoms with Crippen molar-refractivity contribution in [1.29, 1.82) is 0 Å². The summed E-state index contributed by atoms with van der Waals surface area (Å²) in [6.45, 7) is 3.31. The standard InChI is InChI=1S/C9H15N3O/c1-2-5-13-7-8(10)9-6-11-3-4-12-9/h3-4,6,8H,2,5,7,10H2,1H3. The lowest BCUT2D eigenvalue weighted by atomic mass is 10.2. The predicted molar refractivity (Wildman–Crippen MR) is 50.1 cm³/mol. The second kappa shape index (κ2) is 5.61. The number of rotatable bonds is 5. The van der Waals surface area contributed by atoms with Crippen LogP contribution < -0.4 is 5.73 Å². The Morgan fingerprint density at radius 2 is 2.38 bits per heavy atom. The summed E-state index contributed by atoms with van der Waals surface area (Å²) >= 11 is 0. The molecule has 0 bridgehead atoms. The molecule has 0 amide bonds. The molecule has 2 N–H and O–H groups in total. The van der Waals surface area contributed by atoms with Crippen LogP contribution in [0.4, 0.5) is 0 Å². The molecule has 13 heavy (non-hydrogen) atoms. The normalized spacial score (nSPS) is 12.8. The zero-order valence-corrected chi connectivity index (χ0v) is 7.81. The Kier molecular flexibility index (Phi) is 4.35.